The van der Waals surface area contributed by atoms with Crippen molar-refractivity contribution in [1.29, 1.82) is 5.26 Å². The number of amides is 2. The van der Waals surface area contributed by atoms with E-state index in [1.54, 1.807) is 0 Å². The molecule has 1 saturated heterocycles. The number of thiocarbonyl (C=S) groups is 1. The van der Waals surface area contributed by atoms with Crippen LogP contribution in [0.4, 0.5) is 28.9 Å². The Labute approximate surface area is 212 Å². The van der Waals surface area contributed by atoms with Crippen LogP contribution in [0.25, 0.3) is 0 Å². The van der Waals surface area contributed by atoms with Gasteiger partial charge in [0.15, 0.2) is 10.8 Å². The number of hydrogen-bond acceptors (Lipinski definition) is 5. The predicted octanol–water partition coefficient (Wildman–Crippen LogP) is -0.0870. The smallest absolute Gasteiger partial charge is 0.355 e. The summed E-state index contributed by atoms with van der Waals surface area (Å²) >= 11 is 5.47. The lowest BCUT2D eigenvalue weighted by atomic mass is 9.73. The monoisotopic (exact) mass is 507 g/mol. The van der Waals surface area contributed by atoms with E-state index in [9.17, 15) is 22.8 Å². The Morgan fingerprint density at radius 1 is 1.28 bits per heavy atom. The summed E-state index contributed by atoms with van der Waals surface area (Å²) < 4.78 is 55.9. The Hall–Kier alpha value is -3.40. The van der Waals surface area contributed by atoms with Gasteiger partial charge in [0, 0.05) is 18.3 Å². The minimum Gasteiger partial charge on any atom is -0.355 e. The molecular formula is C21H12B3F4N5O2S. The van der Waals surface area contributed by atoms with Crippen molar-refractivity contribution in [1.82, 2.24) is 10.3 Å². The summed E-state index contributed by atoms with van der Waals surface area (Å²) in [4.78, 5) is 31.1. The number of anilines is 2. The lowest BCUT2D eigenvalue weighted by Gasteiger charge is -2.44. The highest BCUT2D eigenvalue weighted by atomic mass is 32.1. The first-order valence-electron chi connectivity index (χ1n) is 10.4. The van der Waals surface area contributed by atoms with Crippen LogP contribution in [0.1, 0.15) is 40.9 Å². The lowest BCUT2D eigenvalue weighted by molar-refractivity contribution is -0.138. The highest BCUT2D eigenvalue weighted by Crippen LogP contribution is 2.47. The Balaban J connectivity index is 1.92. The number of nitrogens with one attached hydrogen (secondary N) is 1. The van der Waals surface area contributed by atoms with Gasteiger partial charge in [0.25, 0.3) is 11.8 Å². The zero-order valence-electron chi connectivity index (χ0n) is 18.5. The molecule has 15 heteroatoms. The van der Waals surface area contributed by atoms with Crippen molar-refractivity contribution in [2.24, 2.45) is 0 Å². The number of halogens is 4. The van der Waals surface area contributed by atoms with E-state index in [1.165, 1.54) is 18.0 Å². The van der Waals surface area contributed by atoms with E-state index < -0.39 is 62.9 Å². The Morgan fingerprint density at radius 2 is 1.92 bits per heavy atom. The second-order valence-electron chi connectivity index (χ2n) is 8.21. The van der Waals surface area contributed by atoms with Crippen LogP contribution in [0.2, 0.25) is 0 Å². The molecule has 1 aromatic carbocycles. The second-order valence-corrected chi connectivity index (χ2v) is 8.58. The molecule has 7 nitrogen and oxygen atoms in total. The van der Waals surface area contributed by atoms with Crippen molar-refractivity contribution >= 4 is 80.6 Å². The number of nitriles is 1. The van der Waals surface area contributed by atoms with E-state index in [0.717, 1.165) is 11.0 Å². The van der Waals surface area contributed by atoms with Gasteiger partial charge in [-0.2, -0.15) is 18.4 Å². The number of pyridine rings is 1. The topological polar surface area (TPSA) is 89.3 Å². The highest BCUT2D eigenvalue weighted by molar-refractivity contribution is 7.81. The lowest BCUT2D eigenvalue weighted by Crippen LogP contribution is -2.57. The molecule has 2 heterocycles. The van der Waals surface area contributed by atoms with Crippen molar-refractivity contribution in [2.75, 3.05) is 16.8 Å². The summed E-state index contributed by atoms with van der Waals surface area (Å²) in [6.45, 7) is 0. The summed E-state index contributed by atoms with van der Waals surface area (Å²) in [7, 11) is 19.3. The number of alkyl halides is 3. The van der Waals surface area contributed by atoms with Crippen LogP contribution in [0, 0.1) is 17.1 Å². The summed E-state index contributed by atoms with van der Waals surface area (Å²) in [5.74, 6) is -2.64. The molecule has 1 N–H and O–H groups in total. The van der Waals surface area contributed by atoms with Gasteiger partial charge < -0.3 is 10.2 Å². The maximum atomic E-state index is 15.1. The van der Waals surface area contributed by atoms with E-state index in [2.05, 4.69) is 10.3 Å². The van der Waals surface area contributed by atoms with Gasteiger partial charge in [-0.05, 0) is 43.0 Å². The molecule has 36 heavy (non-hydrogen) atoms. The molecule has 1 saturated carbocycles. The van der Waals surface area contributed by atoms with Gasteiger partial charge in [-0.25, -0.2) is 4.39 Å². The Kier molecular flexibility index (Phi) is 6.15. The molecule has 2 aliphatic rings. The zero-order valence-corrected chi connectivity index (χ0v) is 19.4. The summed E-state index contributed by atoms with van der Waals surface area (Å²) in [6.07, 6.45) is -4.02. The fraction of sp³-hybridized carbons (Fsp3) is 0.286. The molecule has 2 fully saturated rings. The normalized spacial score (nSPS) is 16.8. The fourth-order valence-electron chi connectivity index (χ4n) is 4.38. The third kappa shape index (κ3) is 3.58. The molecule has 0 bridgehead atoms. The van der Waals surface area contributed by atoms with Crippen molar-refractivity contribution in [3.63, 3.8) is 0 Å². The standard InChI is InChI=1S/C21H12B3F4N5O2S/c1-30-17(34)8-5-10(22)15(13(23)14(8)25)33-19(36)32(18(35)20(33)3-2-4-20)12-6-9(21(26,27)28)11(7-29)31-16(12)24/h5-6H,2-4H2,1H3,(H,30,34). The largest absolute Gasteiger partial charge is 0.419 e. The van der Waals surface area contributed by atoms with Gasteiger partial charge in [0.1, 0.15) is 41.0 Å². The quantitative estimate of drug-likeness (QED) is 0.356. The molecule has 0 atom stereocenters. The molecule has 1 aliphatic heterocycles. The first kappa shape index (κ1) is 25.7. The predicted molar refractivity (Wildman–Crippen MR) is 129 cm³/mol. The summed E-state index contributed by atoms with van der Waals surface area (Å²) in [5, 5.41) is 11.0. The molecule has 4 rings (SSSR count). The van der Waals surface area contributed by atoms with E-state index in [4.69, 9.17) is 41.0 Å². The first-order valence-corrected chi connectivity index (χ1v) is 10.8. The summed E-state index contributed by atoms with van der Waals surface area (Å²) in [5.41, 5.74) is -6.24. The molecule has 1 spiro atoms. The number of nitrogens with zero attached hydrogens (tertiary/aromatic N) is 4. The molecule has 0 unspecified atom stereocenters. The highest BCUT2D eigenvalue weighted by Gasteiger charge is 2.60. The number of benzene rings is 1. The van der Waals surface area contributed by atoms with Crippen LogP contribution in [0.5, 0.6) is 0 Å². The van der Waals surface area contributed by atoms with E-state index >= 15 is 4.39 Å². The number of hydrogen-bond donors (Lipinski definition) is 1. The number of carbonyl (C=O) groups excluding carboxylic acids is 2. The average Bonchev–Trinajstić information content (AvgIpc) is 3.01. The van der Waals surface area contributed by atoms with Gasteiger partial charge in [0.05, 0.1) is 16.8 Å². The van der Waals surface area contributed by atoms with E-state index in [-0.39, 0.29) is 29.1 Å². The Bertz CT molecular complexity index is 1390. The summed E-state index contributed by atoms with van der Waals surface area (Å²) in [6, 6.07) is 2.88. The minimum absolute atomic E-state index is 0.183. The van der Waals surface area contributed by atoms with E-state index in [0.29, 0.717) is 12.5 Å². The second kappa shape index (κ2) is 8.62. The first-order chi connectivity index (χ1) is 16.8. The number of rotatable bonds is 3. The van der Waals surface area contributed by atoms with Crippen LogP contribution in [-0.4, -0.2) is 58.0 Å². The van der Waals surface area contributed by atoms with Crippen LogP contribution < -0.4 is 31.6 Å². The minimum atomic E-state index is -4.98. The average molecular weight is 507 g/mol. The zero-order chi connectivity index (χ0) is 26.7. The molecule has 6 radical (unpaired) electrons. The Morgan fingerprint density at radius 3 is 2.42 bits per heavy atom. The van der Waals surface area contributed by atoms with Crippen molar-refractivity contribution in [3.8, 4) is 6.07 Å². The molecule has 2 aromatic rings. The van der Waals surface area contributed by atoms with Crippen molar-refractivity contribution in [3.05, 3.63) is 34.8 Å². The van der Waals surface area contributed by atoms with Gasteiger partial charge in [-0.1, -0.05) is 11.5 Å². The van der Waals surface area contributed by atoms with Crippen LogP contribution in [-0.2, 0) is 11.0 Å². The third-order valence-corrected chi connectivity index (χ3v) is 6.64. The fourth-order valence-corrected chi connectivity index (χ4v) is 4.83. The van der Waals surface area contributed by atoms with Gasteiger partial charge in [-0.3, -0.25) is 19.5 Å². The number of carbonyl (C=O) groups is 2. The molecule has 2 amide bonds. The maximum Gasteiger partial charge on any atom is 0.419 e. The molecular weight excluding hydrogens is 495 g/mol. The van der Waals surface area contributed by atoms with Gasteiger partial charge in [0.2, 0.25) is 0 Å². The van der Waals surface area contributed by atoms with Crippen molar-refractivity contribution in [2.45, 2.75) is 31.0 Å². The van der Waals surface area contributed by atoms with Crippen molar-refractivity contribution < 1.29 is 27.2 Å². The molecule has 176 valence electrons. The van der Waals surface area contributed by atoms with Gasteiger partial charge in [-0.15, -0.1) is 0 Å². The van der Waals surface area contributed by atoms with Crippen LogP contribution in [0.3, 0.4) is 0 Å². The molecule has 1 aromatic heterocycles. The molecule has 1 aliphatic carbocycles. The number of aromatic nitrogens is 1. The third-order valence-electron chi connectivity index (χ3n) is 6.27. The maximum absolute atomic E-state index is 15.1. The van der Waals surface area contributed by atoms with E-state index in [1.807, 2.05) is 0 Å². The van der Waals surface area contributed by atoms with Crippen LogP contribution in [0.15, 0.2) is 12.1 Å². The van der Waals surface area contributed by atoms with Crippen LogP contribution >= 0.6 is 12.2 Å². The van der Waals surface area contributed by atoms with Gasteiger partial charge >= 0.3 is 6.18 Å². The SMILES string of the molecule is [B]c1cc(C(=O)NC)c(F)c([B])c1N1C(=S)N(c2cc(C(F)(F)F)c(C#N)nc2[B])C(=O)C12CCC2.